The van der Waals surface area contributed by atoms with Crippen LogP contribution in [0.15, 0.2) is 22.7 Å². The van der Waals surface area contributed by atoms with E-state index in [0.29, 0.717) is 24.2 Å². The van der Waals surface area contributed by atoms with Gasteiger partial charge in [0, 0.05) is 29.0 Å². The molecule has 1 aliphatic rings. The number of halogens is 3. The highest BCUT2D eigenvalue weighted by Gasteiger charge is 2.33. The van der Waals surface area contributed by atoms with E-state index < -0.39 is 11.5 Å². The summed E-state index contributed by atoms with van der Waals surface area (Å²) in [5, 5.41) is 3.18. The zero-order valence-corrected chi connectivity index (χ0v) is 11.8. The van der Waals surface area contributed by atoms with Crippen LogP contribution in [-0.2, 0) is 10.4 Å². The summed E-state index contributed by atoms with van der Waals surface area (Å²) in [6.07, 6.45) is 0.195. The molecule has 1 N–H and O–H groups in total. The molecule has 1 aromatic carbocycles. The third kappa shape index (κ3) is 3.28. The van der Waals surface area contributed by atoms with Crippen molar-refractivity contribution in [2.75, 3.05) is 19.8 Å². The lowest BCUT2D eigenvalue weighted by molar-refractivity contribution is 0.0465. The van der Waals surface area contributed by atoms with Crippen LogP contribution in [0, 0.1) is 5.82 Å². The predicted octanol–water partition coefficient (Wildman–Crippen LogP) is 3.15. The van der Waals surface area contributed by atoms with Gasteiger partial charge in [-0.3, -0.25) is 0 Å². The Morgan fingerprint density at radius 2 is 2.33 bits per heavy atom. The standard InChI is InChI=1S/C13H16BrF2NO/c1-13(16,7-10-8-18-5-4-17-10)11-6-9(14)2-3-12(11)15/h2-3,6,10,17H,4-5,7-8H2,1H3. The lowest BCUT2D eigenvalue weighted by Gasteiger charge is -2.30. The van der Waals surface area contributed by atoms with Crippen LogP contribution < -0.4 is 5.32 Å². The topological polar surface area (TPSA) is 21.3 Å². The Morgan fingerprint density at radius 3 is 3.00 bits per heavy atom. The van der Waals surface area contributed by atoms with Crippen LogP contribution in [0.1, 0.15) is 18.9 Å². The SMILES string of the molecule is CC(F)(CC1COCCN1)c1cc(Br)ccc1F. The van der Waals surface area contributed by atoms with Gasteiger partial charge in [-0.15, -0.1) is 0 Å². The highest BCUT2D eigenvalue weighted by atomic mass is 79.9. The zero-order valence-electron chi connectivity index (χ0n) is 10.2. The largest absolute Gasteiger partial charge is 0.379 e. The molecule has 2 nitrogen and oxygen atoms in total. The molecule has 5 heteroatoms. The zero-order chi connectivity index (χ0) is 13.2. The fraction of sp³-hybridized carbons (Fsp3) is 0.538. The summed E-state index contributed by atoms with van der Waals surface area (Å²) in [5.41, 5.74) is -1.63. The Bertz CT molecular complexity index is 419. The first-order valence-electron chi connectivity index (χ1n) is 5.94. The van der Waals surface area contributed by atoms with E-state index in [1.54, 1.807) is 6.07 Å². The minimum atomic E-state index is -1.72. The first kappa shape index (κ1) is 13.9. The van der Waals surface area contributed by atoms with E-state index >= 15 is 0 Å². The Hall–Kier alpha value is -0.520. The summed E-state index contributed by atoms with van der Waals surface area (Å²) >= 11 is 3.24. The average molecular weight is 320 g/mol. The van der Waals surface area contributed by atoms with Gasteiger partial charge in [0.15, 0.2) is 0 Å². The summed E-state index contributed by atoms with van der Waals surface area (Å²) in [6, 6.07) is 4.27. The smallest absolute Gasteiger partial charge is 0.137 e. The molecule has 1 aromatic rings. The molecule has 0 amide bonds. The maximum atomic E-state index is 14.7. The van der Waals surface area contributed by atoms with Gasteiger partial charge in [-0.2, -0.15) is 0 Å². The van der Waals surface area contributed by atoms with Crippen LogP contribution in [0.25, 0.3) is 0 Å². The van der Waals surface area contributed by atoms with E-state index in [1.165, 1.54) is 19.1 Å². The minimum absolute atomic E-state index is 0.0767. The van der Waals surface area contributed by atoms with Crippen molar-refractivity contribution in [3.63, 3.8) is 0 Å². The lowest BCUT2D eigenvalue weighted by Crippen LogP contribution is -2.44. The molecule has 2 rings (SSSR count). The average Bonchev–Trinajstić information content (AvgIpc) is 2.33. The van der Waals surface area contributed by atoms with Crippen molar-refractivity contribution < 1.29 is 13.5 Å². The number of nitrogens with one attached hydrogen (secondary N) is 1. The predicted molar refractivity (Wildman–Crippen MR) is 69.8 cm³/mol. The quantitative estimate of drug-likeness (QED) is 0.924. The molecule has 1 fully saturated rings. The van der Waals surface area contributed by atoms with Crippen molar-refractivity contribution in [1.82, 2.24) is 5.32 Å². The molecule has 100 valence electrons. The summed E-state index contributed by atoms with van der Waals surface area (Å²) in [5.74, 6) is -0.514. The fourth-order valence-electron chi connectivity index (χ4n) is 2.22. The molecule has 0 aliphatic carbocycles. The van der Waals surface area contributed by atoms with E-state index in [-0.39, 0.29) is 18.0 Å². The van der Waals surface area contributed by atoms with E-state index in [4.69, 9.17) is 4.74 Å². The summed E-state index contributed by atoms with van der Waals surface area (Å²) in [4.78, 5) is 0. The molecule has 0 bridgehead atoms. The molecule has 0 saturated carbocycles. The molecule has 2 unspecified atom stereocenters. The van der Waals surface area contributed by atoms with Gasteiger partial charge < -0.3 is 10.1 Å². The van der Waals surface area contributed by atoms with E-state index in [1.807, 2.05) is 0 Å². The van der Waals surface area contributed by atoms with Gasteiger partial charge in [-0.25, -0.2) is 8.78 Å². The molecular formula is C13H16BrF2NO. The third-order valence-electron chi connectivity index (χ3n) is 3.12. The van der Waals surface area contributed by atoms with Crippen LogP contribution >= 0.6 is 15.9 Å². The normalized spacial score (nSPS) is 23.7. The Balaban J connectivity index is 2.15. The molecule has 0 radical (unpaired) electrons. The van der Waals surface area contributed by atoms with Crippen LogP contribution in [0.4, 0.5) is 8.78 Å². The summed E-state index contributed by atoms with van der Waals surface area (Å²) in [6.45, 7) is 3.23. The lowest BCUT2D eigenvalue weighted by atomic mass is 9.90. The number of ether oxygens (including phenoxy) is 1. The Labute approximate surface area is 114 Å². The highest BCUT2D eigenvalue weighted by molar-refractivity contribution is 9.10. The second-order valence-electron chi connectivity index (χ2n) is 4.75. The van der Waals surface area contributed by atoms with E-state index in [9.17, 15) is 8.78 Å². The van der Waals surface area contributed by atoms with E-state index in [0.717, 1.165) is 0 Å². The fourth-order valence-corrected chi connectivity index (χ4v) is 2.58. The molecule has 0 aromatic heterocycles. The molecule has 18 heavy (non-hydrogen) atoms. The van der Waals surface area contributed by atoms with Crippen molar-refractivity contribution in [3.8, 4) is 0 Å². The Morgan fingerprint density at radius 1 is 1.56 bits per heavy atom. The van der Waals surface area contributed by atoms with Gasteiger partial charge >= 0.3 is 0 Å². The number of hydrogen-bond donors (Lipinski definition) is 1. The number of rotatable bonds is 3. The Kier molecular flexibility index (Phi) is 4.35. The van der Waals surface area contributed by atoms with Gasteiger partial charge in [-0.05, 0) is 25.1 Å². The first-order chi connectivity index (χ1) is 8.49. The third-order valence-corrected chi connectivity index (χ3v) is 3.61. The molecule has 1 heterocycles. The van der Waals surface area contributed by atoms with Gasteiger partial charge in [0.25, 0.3) is 0 Å². The minimum Gasteiger partial charge on any atom is -0.379 e. The molecule has 2 atom stereocenters. The van der Waals surface area contributed by atoms with Gasteiger partial charge in [0.1, 0.15) is 11.5 Å². The van der Waals surface area contributed by atoms with E-state index in [2.05, 4.69) is 21.2 Å². The van der Waals surface area contributed by atoms with Gasteiger partial charge in [-0.1, -0.05) is 15.9 Å². The number of morpholine rings is 1. The second kappa shape index (κ2) is 5.63. The summed E-state index contributed by atoms with van der Waals surface area (Å²) < 4.78 is 34.4. The maximum Gasteiger partial charge on any atom is 0.137 e. The maximum absolute atomic E-state index is 14.7. The monoisotopic (exact) mass is 319 g/mol. The number of benzene rings is 1. The van der Waals surface area contributed by atoms with Crippen molar-refractivity contribution in [3.05, 3.63) is 34.1 Å². The van der Waals surface area contributed by atoms with Crippen molar-refractivity contribution in [2.45, 2.75) is 25.1 Å². The summed E-state index contributed by atoms with van der Waals surface area (Å²) in [7, 11) is 0. The van der Waals surface area contributed by atoms with Gasteiger partial charge in [0.2, 0.25) is 0 Å². The van der Waals surface area contributed by atoms with Crippen molar-refractivity contribution >= 4 is 15.9 Å². The number of hydrogen-bond acceptors (Lipinski definition) is 2. The van der Waals surface area contributed by atoms with Crippen LogP contribution in [-0.4, -0.2) is 25.8 Å². The molecule has 0 spiro atoms. The van der Waals surface area contributed by atoms with Crippen LogP contribution in [0.5, 0.6) is 0 Å². The van der Waals surface area contributed by atoms with Gasteiger partial charge in [0.05, 0.1) is 13.2 Å². The molecule has 1 aliphatic heterocycles. The second-order valence-corrected chi connectivity index (χ2v) is 5.67. The van der Waals surface area contributed by atoms with Crippen LogP contribution in [0.2, 0.25) is 0 Å². The van der Waals surface area contributed by atoms with Crippen molar-refractivity contribution in [2.24, 2.45) is 0 Å². The highest BCUT2D eigenvalue weighted by Crippen LogP contribution is 2.34. The molecule has 1 saturated heterocycles. The molecular weight excluding hydrogens is 304 g/mol. The first-order valence-corrected chi connectivity index (χ1v) is 6.74. The van der Waals surface area contributed by atoms with Crippen molar-refractivity contribution in [1.29, 1.82) is 0 Å². The number of alkyl halides is 1. The van der Waals surface area contributed by atoms with Crippen LogP contribution in [0.3, 0.4) is 0 Å².